The minimum Gasteiger partial charge on any atom is -0.454 e. The van der Waals surface area contributed by atoms with Gasteiger partial charge in [0, 0.05) is 25.7 Å². The van der Waals surface area contributed by atoms with Gasteiger partial charge in [-0.25, -0.2) is 13.1 Å². The number of sulfonamides is 1. The van der Waals surface area contributed by atoms with Gasteiger partial charge in [-0.15, -0.1) is 0 Å². The molecular weight excluding hydrogens is 368 g/mol. The van der Waals surface area contributed by atoms with Crippen LogP contribution in [-0.4, -0.2) is 53.0 Å². The Bertz CT molecular complexity index is 882. The van der Waals surface area contributed by atoms with E-state index in [2.05, 4.69) is 9.62 Å². The lowest BCUT2D eigenvalue weighted by Crippen LogP contribution is -2.43. The molecule has 1 atom stereocenters. The van der Waals surface area contributed by atoms with Gasteiger partial charge >= 0.3 is 0 Å². The predicted molar refractivity (Wildman–Crippen MR) is 99.3 cm³/mol. The summed E-state index contributed by atoms with van der Waals surface area (Å²) >= 11 is 0. The van der Waals surface area contributed by atoms with E-state index in [4.69, 9.17) is 14.2 Å². The van der Waals surface area contributed by atoms with Crippen LogP contribution < -0.4 is 14.2 Å². The number of fused-ring (bicyclic) bond motifs is 1. The molecule has 1 N–H and O–H groups in total. The Morgan fingerprint density at radius 1 is 1.00 bits per heavy atom. The molecule has 1 fully saturated rings. The number of rotatable bonds is 6. The van der Waals surface area contributed by atoms with E-state index in [9.17, 15) is 8.42 Å². The first-order valence-electron chi connectivity index (χ1n) is 8.89. The molecule has 4 rings (SSSR count). The van der Waals surface area contributed by atoms with Crippen molar-refractivity contribution in [1.82, 2.24) is 9.62 Å². The van der Waals surface area contributed by atoms with Gasteiger partial charge in [0.25, 0.3) is 0 Å². The Morgan fingerprint density at radius 3 is 2.52 bits per heavy atom. The van der Waals surface area contributed by atoms with Gasteiger partial charge in [-0.3, -0.25) is 4.90 Å². The molecule has 2 aliphatic heterocycles. The Hall–Kier alpha value is -2.13. The standard InChI is InChI=1S/C19H22N2O5S/c22-27(23,16-4-2-1-3-5-16)20-13-17(21-8-10-24-11-9-21)15-6-7-18-19(12-15)26-14-25-18/h1-7,12,17,20H,8-11,13-14H2/t17-/m0/s1. The molecule has 8 heteroatoms. The van der Waals surface area contributed by atoms with Gasteiger partial charge in [0.15, 0.2) is 11.5 Å². The van der Waals surface area contributed by atoms with E-state index in [0.717, 1.165) is 18.7 Å². The highest BCUT2D eigenvalue weighted by Crippen LogP contribution is 2.35. The molecule has 0 spiro atoms. The third kappa shape index (κ3) is 4.08. The van der Waals surface area contributed by atoms with Crippen LogP contribution in [0.25, 0.3) is 0 Å². The van der Waals surface area contributed by atoms with Crippen molar-refractivity contribution in [3.05, 3.63) is 54.1 Å². The van der Waals surface area contributed by atoms with E-state index in [1.165, 1.54) is 0 Å². The maximum Gasteiger partial charge on any atom is 0.240 e. The molecule has 27 heavy (non-hydrogen) atoms. The molecule has 0 bridgehead atoms. The molecule has 2 aromatic rings. The molecule has 0 radical (unpaired) electrons. The first kappa shape index (κ1) is 18.2. The first-order valence-corrected chi connectivity index (χ1v) is 10.4. The van der Waals surface area contributed by atoms with Gasteiger partial charge in [0.2, 0.25) is 16.8 Å². The van der Waals surface area contributed by atoms with E-state index < -0.39 is 10.0 Å². The van der Waals surface area contributed by atoms with Gasteiger partial charge in [-0.1, -0.05) is 24.3 Å². The molecule has 2 heterocycles. The lowest BCUT2D eigenvalue weighted by molar-refractivity contribution is 0.0171. The van der Waals surface area contributed by atoms with Crippen LogP contribution >= 0.6 is 0 Å². The highest BCUT2D eigenvalue weighted by atomic mass is 32.2. The molecule has 2 aliphatic rings. The van der Waals surface area contributed by atoms with Crippen LogP contribution in [-0.2, 0) is 14.8 Å². The van der Waals surface area contributed by atoms with Crippen molar-refractivity contribution in [2.45, 2.75) is 10.9 Å². The highest BCUT2D eigenvalue weighted by molar-refractivity contribution is 7.89. The van der Waals surface area contributed by atoms with Crippen molar-refractivity contribution in [3.63, 3.8) is 0 Å². The second kappa shape index (κ2) is 7.85. The second-order valence-corrected chi connectivity index (χ2v) is 8.21. The summed E-state index contributed by atoms with van der Waals surface area (Å²) in [5.74, 6) is 1.40. The molecule has 2 aromatic carbocycles. The van der Waals surface area contributed by atoms with Crippen LogP contribution in [0.3, 0.4) is 0 Å². The molecule has 0 aromatic heterocycles. The fourth-order valence-electron chi connectivity index (χ4n) is 3.34. The number of hydrogen-bond acceptors (Lipinski definition) is 6. The summed E-state index contributed by atoms with van der Waals surface area (Å²) in [6, 6.07) is 14.0. The van der Waals surface area contributed by atoms with Gasteiger partial charge in [-0.2, -0.15) is 0 Å². The summed E-state index contributed by atoms with van der Waals surface area (Å²) in [6.45, 7) is 3.22. The Labute approximate surface area is 158 Å². The molecule has 0 unspecified atom stereocenters. The number of hydrogen-bond donors (Lipinski definition) is 1. The monoisotopic (exact) mass is 390 g/mol. The maximum atomic E-state index is 12.6. The quantitative estimate of drug-likeness (QED) is 0.810. The highest BCUT2D eigenvalue weighted by Gasteiger charge is 2.26. The van der Waals surface area contributed by atoms with Crippen LogP contribution in [0.15, 0.2) is 53.4 Å². The lowest BCUT2D eigenvalue weighted by Gasteiger charge is -2.35. The zero-order valence-electron chi connectivity index (χ0n) is 14.8. The van der Waals surface area contributed by atoms with Crippen molar-refractivity contribution in [2.75, 3.05) is 39.6 Å². The van der Waals surface area contributed by atoms with E-state index in [1.54, 1.807) is 30.3 Å². The summed E-state index contributed by atoms with van der Waals surface area (Å²) in [6.07, 6.45) is 0. The summed E-state index contributed by atoms with van der Waals surface area (Å²) in [5, 5.41) is 0. The number of morpholine rings is 1. The SMILES string of the molecule is O=S(=O)(NC[C@@H](c1ccc2c(c1)OCO2)N1CCOCC1)c1ccccc1. The van der Waals surface area contributed by atoms with Gasteiger partial charge in [0.05, 0.1) is 18.1 Å². The molecule has 1 saturated heterocycles. The summed E-state index contributed by atoms with van der Waals surface area (Å²) in [4.78, 5) is 2.49. The van der Waals surface area contributed by atoms with Crippen LogP contribution in [0, 0.1) is 0 Å². The molecule has 7 nitrogen and oxygen atoms in total. The number of nitrogens with zero attached hydrogens (tertiary/aromatic N) is 1. The van der Waals surface area contributed by atoms with Crippen LogP contribution in [0.5, 0.6) is 11.5 Å². The van der Waals surface area contributed by atoms with Crippen LogP contribution in [0.1, 0.15) is 11.6 Å². The second-order valence-electron chi connectivity index (χ2n) is 6.44. The largest absolute Gasteiger partial charge is 0.454 e. The molecule has 0 saturated carbocycles. The smallest absolute Gasteiger partial charge is 0.240 e. The molecule has 0 amide bonds. The fraction of sp³-hybridized carbons (Fsp3) is 0.368. The summed E-state index contributed by atoms with van der Waals surface area (Å²) in [7, 11) is -3.58. The number of nitrogens with one attached hydrogen (secondary N) is 1. The van der Waals surface area contributed by atoms with E-state index >= 15 is 0 Å². The third-order valence-electron chi connectivity index (χ3n) is 4.79. The van der Waals surface area contributed by atoms with Gasteiger partial charge in [-0.05, 0) is 29.8 Å². The average Bonchev–Trinajstić information content (AvgIpc) is 3.17. The fourth-order valence-corrected chi connectivity index (χ4v) is 4.40. The van der Waals surface area contributed by atoms with Gasteiger partial charge < -0.3 is 14.2 Å². The number of benzene rings is 2. The maximum absolute atomic E-state index is 12.6. The molecule has 144 valence electrons. The third-order valence-corrected chi connectivity index (χ3v) is 6.23. The Kier molecular flexibility index (Phi) is 5.31. The van der Waals surface area contributed by atoms with Crippen LogP contribution in [0.4, 0.5) is 0 Å². The Morgan fingerprint density at radius 2 is 1.74 bits per heavy atom. The minimum atomic E-state index is -3.58. The van der Waals surface area contributed by atoms with Gasteiger partial charge in [0.1, 0.15) is 0 Å². The van der Waals surface area contributed by atoms with Crippen molar-refractivity contribution >= 4 is 10.0 Å². The van der Waals surface area contributed by atoms with Crippen molar-refractivity contribution in [2.24, 2.45) is 0 Å². The van der Waals surface area contributed by atoms with E-state index in [1.807, 2.05) is 18.2 Å². The summed E-state index contributed by atoms with van der Waals surface area (Å²) < 4.78 is 44.4. The van der Waals surface area contributed by atoms with E-state index in [-0.39, 0.29) is 24.3 Å². The van der Waals surface area contributed by atoms with Crippen LogP contribution in [0.2, 0.25) is 0 Å². The normalized spacial score (nSPS) is 18.4. The zero-order chi connectivity index (χ0) is 18.7. The lowest BCUT2D eigenvalue weighted by atomic mass is 10.0. The van der Waals surface area contributed by atoms with Crippen molar-refractivity contribution in [1.29, 1.82) is 0 Å². The molecule has 0 aliphatic carbocycles. The average molecular weight is 390 g/mol. The van der Waals surface area contributed by atoms with Crippen molar-refractivity contribution in [3.8, 4) is 11.5 Å². The minimum absolute atomic E-state index is 0.123. The first-order chi connectivity index (χ1) is 13.1. The number of ether oxygens (including phenoxy) is 3. The Balaban J connectivity index is 1.57. The van der Waals surface area contributed by atoms with Crippen molar-refractivity contribution < 1.29 is 22.6 Å². The summed E-state index contributed by atoms with van der Waals surface area (Å²) in [5.41, 5.74) is 0.983. The molecular formula is C19H22N2O5S. The topological polar surface area (TPSA) is 77.1 Å². The predicted octanol–water partition coefficient (Wildman–Crippen LogP) is 1.77. The van der Waals surface area contributed by atoms with E-state index in [0.29, 0.717) is 24.7 Å². The zero-order valence-corrected chi connectivity index (χ0v) is 15.7.